The number of nitrogens with one attached hydrogen (secondary N) is 1. The molecule has 0 saturated carbocycles. The lowest BCUT2D eigenvalue weighted by Crippen LogP contribution is -2.25. The number of amides is 1. The Kier molecular flexibility index (Phi) is 6.24. The van der Waals surface area contributed by atoms with Crippen LogP contribution in [0.15, 0.2) is 30.3 Å². The second-order valence-electron chi connectivity index (χ2n) is 4.76. The van der Waals surface area contributed by atoms with E-state index in [2.05, 4.69) is 10.1 Å². The summed E-state index contributed by atoms with van der Waals surface area (Å²) < 4.78 is 22.7. The van der Waals surface area contributed by atoms with E-state index in [0.717, 1.165) is 11.3 Å². The summed E-state index contributed by atoms with van der Waals surface area (Å²) >= 11 is 1.07. The number of anilines is 1. The van der Waals surface area contributed by atoms with Crippen LogP contribution in [0.3, 0.4) is 0 Å². The highest BCUT2D eigenvalue weighted by Gasteiger charge is 2.23. The van der Waals surface area contributed by atoms with Crippen LogP contribution in [0.4, 0.5) is 10.1 Å². The third kappa shape index (κ3) is 4.63. The van der Waals surface area contributed by atoms with Crippen LogP contribution in [0, 0.1) is 5.82 Å². The van der Waals surface area contributed by atoms with Gasteiger partial charge in [0.25, 0.3) is 0 Å². The molecular formula is C17H16FNO5S. The maximum absolute atomic E-state index is 13.1. The maximum atomic E-state index is 13.1. The Hall–Kier alpha value is -2.74. The van der Waals surface area contributed by atoms with Crippen LogP contribution >= 0.6 is 11.3 Å². The number of esters is 2. The normalized spacial score (nSPS) is 10.2. The van der Waals surface area contributed by atoms with Gasteiger partial charge in [-0.25, -0.2) is 14.0 Å². The number of ether oxygens (including phenoxy) is 2. The third-order valence-corrected chi connectivity index (χ3v) is 4.19. The number of hydrogen-bond acceptors (Lipinski definition) is 6. The smallest absolute Gasteiger partial charge is 0.397 e. The monoisotopic (exact) mass is 365 g/mol. The molecule has 2 aromatic rings. The van der Waals surface area contributed by atoms with Crippen molar-refractivity contribution in [2.45, 2.75) is 13.8 Å². The van der Waals surface area contributed by atoms with Gasteiger partial charge in [-0.15, -0.1) is 11.3 Å². The number of hydrogen-bond donors (Lipinski definition) is 1. The molecule has 8 heteroatoms. The molecule has 0 unspecified atom stereocenters. The molecule has 0 saturated heterocycles. The molecule has 0 atom stereocenters. The molecule has 6 nitrogen and oxygen atoms in total. The summed E-state index contributed by atoms with van der Waals surface area (Å²) in [5.41, 5.74) is 0.800. The number of thiophene rings is 1. The van der Waals surface area contributed by atoms with Crippen molar-refractivity contribution in [3.8, 4) is 10.4 Å². The van der Waals surface area contributed by atoms with Crippen LogP contribution in [-0.2, 0) is 19.1 Å². The lowest BCUT2D eigenvalue weighted by atomic mass is 10.2. The first-order valence-electron chi connectivity index (χ1n) is 7.51. The van der Waals surface area contributed by atoms with Crippen molar-refractivity contribution in [2.24, 2.45) is 0 Å². The molecule has 0 bridgehead atoms. The summed E-state index contributed by atoms with van der Waals surface area (Å²) in [4.78, 5) is 36.2. The van der Waals surface area contributed by atoms with Gasteiger partial charge in [0.1, 0.15) is 10.7 Å². The van der Waals surface area contributed by atoms with Gasteiger partial charge in [0.15, 0.2) is 0 Å². The first kappa shape index (κ1) is 18.6. The molecule has 0 radical (unpaired) electrons. The highest BCUT2D eigenvalue weighted by atomic mass is 32.1. The van der Waals surface area contributed by atoms with Gasteiger partial charge in [0.05, 0.1) is 18.9 Å². The lowest BCUT2D eigenvalue weighted by molar-refractivity contribution is -0.152. The summed E-state index contributed by atoms with van der Waals surface area (Å²) in [5, 5.41) is 2.36. The van der Waals surface area contributed by atoms with E-state index in [1.807, 2.05) is 0 Å². The zero-order valence-electron chi connectivity index (χ0n) is 13.6. The first-order chi connectivity index (χ1) is 12.0. The largest absolute Gasteiger partial charge is 0.462 e. The van der Waals surface area contributed by atoms with Gasteiger partial charge in [0, 0.05) is 4.88 Å². The highest BCUT2D eigenvalue weighted by molar-refractivity contribution is 7.18. The van der Waals surface area contributed by atoms with E-state index in [9.17, 15) is 18.8 Å². The molecule has 0 fully saturated rings. The van der Waals surface area contributed by atoms with Crippen molar-refractivity contribution in [1.29, 1.82) is 0 Å². The Morgan fingerprint density at radius 1 is 1.08 bits per heavy atom. The van der Waals surface area contributed by atoms with E-state index >= 15 is 0 Å². The summed E-state index contributed by atoms with van der Waals surface area (Å²) in [6, 6.07) is 7.20. The number of benzene rings is 1. The van der Waals surface area contributed by atoms with E-state index in [0.29, 0.717) is 10.4 Å². The quantitative estimate of drug-likeness (QED) is 0.650. The van der Waals surface area contributed by atoms with Gasteiger partial charge in [-0.05, 0) is 37.6 Å². The Morgan fingerprint density at radius 2 is 1.72 bits per heavy atom. The van der Waals surface area contributed by atoms with Crippen molar-refractivity contribution < 1.29 is 28.2 Å². The van der Waals surface area contributed by atoms with Gasteiger partial charge in [-0.1, -0.05) is 12.1 Å². The molecule has 1 heterocycles. The minimum absolute atomic E-state index is 0.0570. The maximum Gasteiger partial charge on any atom is 0.397 e. The Bertz CT molecular complexity index is 785. The number of carbonyl (C=O) groups is 3. The summed E-state index contributed by atoms with van der Waals surface area (Å²) in [6.07, 6.45) is 0. The van der Waals surface area contributed by atoms with Crippen molar-refractivity contribution >= 4 is 34.9 Å². The standard InChI is InChI=1S/C17H16FNO5S/c1-3-23-16(21)14-12(19-15(20)17(22)24-4-2)9-13(25-14)10-5-7-11(18)8-6-10/h5-9H,3-4H2,1-2H3,(H,19,20). The fraction of sp³-hybridized carbons (Fsp3) is 0.235. The van der Waals surface area contributed by atoms with Crippen molar-refractivity contribution in [2.75, 3.05) is 18.5 Å². The average Bonchev–Trinajstić information content (AvgIpc) is 2.99. The molecular weight excluding hydrogens is 349 g/mol. The molecule has 2 rings (SSSR count). The number of carbonyl (C=O) groups excluding carboxylic acids is 3. The predicted octanol–water partition coefficient (Wildman–Crippen LogP) is 3.23. The van der Waals surface area contributed by atoms with Crippen molar-refractivity contribution in [3.63, 3.8) is 0 Å². The summed E-state index contributed by atoms with van der Waals surface area (Å²) in [6.45, 7) is 3.45. The Labute approximate surface area is 147 Å². The van der Waals surface area contributed by atoms with E-state index in [1.54, 1.807) is 26.0 Å². The molecule has 0 aliphatic carbocycles. The zero-order valence-corrected chi connectivity index (χ0v) is 14.4. The topological polar surface area (TPSA) is 81.7 Å². The lowest BCUT2D eigenvalue weighted by Gasteiger charge is -2.05. The minimum atomic E-state index is -1.05. The minimum Gasteiger partial charge on any atom is -0.462 e. The Balaban J connectivity index is 2.35. The van der Waals surface area contributed by atoms with Gasteiger partial charge in [0.2, 0.25) is 0 Å². The molecule has 0 spiro atoms. The molecule has 0 aliphatic heterocycles. The van der Waals surface area contributed by atoms with Crippen LogP contribution in [0.1, 0.15) is 23.5 Å². The predicted molar refractivity (Wildman–Crippen MR) is 90.9 cm³/mol. The van der Waals surface area contributed by atoms with Crippen LogP contribution in [0.5, 0.6) is 0 Å². The molecule has 1 amide bonds. The molecule has 1 aromatic heterocycles. The fourth-order valence-corrected chi connectivity index (χ4v) is 2.97. The number of halogens is 1. The zero-order chi connectivity index (χ0) is 18.4. The van der Waals surface area contributed by atoms with E-state index < -0.39 is 17.8 Å². The van der Waals surface area contributed by atoms with Crippen molar-refractivity contribution in [1.82, 2.24) is 0 Å². The molecule has 1 N–H and O–H groups in total. The van der Waals surface area contributed by atoms with Gasteiger partial charge in [-0.3, -0.25) is 4.79 Å². The third-order valence-electron chi connectivity index (χ3n) is 3.03. The van der Waals surface area contributed by atoms with Crippen LogP contribution in [0.25, 0.3) is 10.4 Å². The second-order valence-corrected chi connectivity index (χ2v) is 5.81. The van der Waals surface area contributed by atoms with Crippen LogP contribution in [-0.4, -0.2) is 31.1 Å². The van der Waals surface area contributed by atoms with E-state index in [4.69, 9.17) is 4.74 Å². The SMILES string of the molecule is CCOC(=O)C(=O)Nc1cc(-c2ccc(F)cc2)sc1C(=O)OCC. The van der Waals surface area contributed by atoms with Gasteiger partial charge >= 0.3 is 17.8 Å². The first-order valence-corrected chi connectivity index (χ1v) is 8.32. The molecule has 25 heavy (non-hydrogen) atoms. The Morgan fingerprint density at radius 3 is 2.32 bits per heavy atom. The van der Waals surface area contributed by atoms with Gasteiger partial charge < -0.3 is 14.8 Å². The van der Waals surface area contributed by atoms with E-state index in [1.165, 1.54) is 18.2 Å². The van der Waals surface area contributed by atoms with Crippen LogP contribution < -0.4 is 5.32 Å². The summed E-state index contributed by atoms with van der Waals surface area (Å²) in [5.74, 6) is -3.05. The van der Waals surface area contributed by atoms with Gasteiger partial charge in [-0.2, -0.15) is 0 Å². The average molecular weight is 365 g/mol. The fourth-order valence-electron chi connectivity index (χ4n) is 1.96. The van der Waals surface area contributed by atoms with Crippen LogP contribution in [0.2, 0.25) is 0 Å². The molecule has 132 valence electrons. The highest BCUT2D eigenvalue weighted by Crippen LogP contribution is 2.35. The molecule has 0 aliphatic rings. The number of rotatable bonds is 5. The summed E-state index contributed by atoms with van der Waals surface area (Å²) in [7, 11) is 0. The van der Waals surface area contributed by atoms with E-state index in [-0.39, 0.29) is 29.6 Å². The van der Waals surface area contributed by atoms with Crippen molar-refractivity contribution in [3.05, 3.63) is 41.0 Å². The second kappa shape index (κ2) is 8.39. The molecule has 1 aromatic carbocycles.